The van der Waals surface area contributed by atoms with Gasteiger partial charge >= 0.3 is 0 Å². The summed E-state index contributed by atoms with van der Waals surface area (Å²) in [4.78, 5) is 1.36. The minimum absolute atomic E-state index is 0.171. The van der Waals surface area contributed by atoms with E-state index in [1.165, 1.54) is 24.3 Å². The number of para-hydroxylation sites is 1. The van der Waals surface area contributed by atoms with Gasteiger partial charge in [-0.15, -0.1) is 0 Å². The topological polar surface area (TPSA) is 236 Å². The lowest BCUT2D eigenvalue weighted by atomic mass is 9.81. The SMILES string of the molecule is CC1(C)C(=CC=C2CCCC(C=CC3=[N+](CCCCS(=O)(=O)O)c4ccc(S(=O)(=O)[O-])cc4C3(C)C)=C2Oc2ccccc2)N(CCCCS(=O)(=O)O)c2ccc(S(=O)(=O)O)cc21. The van der Waals surface area contributed by atoms with Crippen molar-refractivity contribution < 1.29 is 61.2 Å². The second-order valence-electron chi connectivity index (χ2n) is 16.9. The third-order valence-electron chi connectivity index (χ3n) is 11.7. The fourth-order valence-corrected chi connectivity index (χ4v) is 10.7. The van der Waals surface area contributed by atoms with Crippen LogP contribution in [-0.2, 0) is 51.3 Å². The Kier molecular flexibility index (Phi) is 13.9. The molecule has 0 amide bonds. The number of hydrogen-bond acceptors (Lipinski definition) is 11. The molecule has 0 saturated heterocycles. The monoisotopic (exact) mass is 944 g/mol. The molecule has 0 unspecified atom stereocenters. The normalized spacial score (nSPS) is 19.1. The Hall–Kier alpha value is -4.47. The van der Waals surface area contributed by atoms with Crippen LogP contribution < -0.4 is 9.64 Å². The Labute approximate surface area is 370 Å². The molecule has 3 aromatic carbocycles. The number of nitrogens with zero attached hydrogens (tertiary/aromatic N) is 2. The Bertz CT molecular complexity index is 2900. The van der Waals surface area contributed by atoms with Crippen molar-refractivity contribution in [1.29, 1.82) is 0 Å². The summed E-state index contributed by atoms with van der Waals surface area (Å²) in [5.74, 6) is 0.337. The third-order valence-corrected chi connectivity index (χ3v) is 15.0. The number of anilines is 1. The first kappa shape index (κ1) is 48.0. The van der Waals surface area contributed by atoms with Crippen LogP contribution in [0.1, 0.15) is 83.8 Å². The smallest absolute Gasteiger partial charge is 0.294 e. The maximum atomic E-state index is 12.2. The van der Waals surface area contributed by atoms with E-state index in [9.17, 15) is 51.9 Å². The van der Waals surface area contributed by atoms with Crippen molar-refractivity contribution in [3.8, 4) is 5.75 Å². The zero-order chi connectivity index (χ0) is 46.2. The van der Waals surface area contributed by atoms with Crippen LogP contribution in [0.25, 0.3) is 0 Å². The van der Waals surface area contributed by atoms with E-state index in [4.69, 9.17) is 4.74 Å². The molecule has 63 heavy (non-hydrogen) atoms. The molecule has 6 rings (SSSR count). The average molecular weight is 945 g/mol. The van der Waals surface area contributed by atoms with Crippen LogP contribution in [0.3, 0.4) is 0 Å². The van der Waals surface area contributed by atoms with Crippen molar-refractivity contribution >= 4 is 57.6 Å². The molecule has 2 heterocycles. The van der Waals surface area contributed by atoms with Gasteiger partial charge in [0.1, 0.15) is 28.2 Å². The lowest BCUT2D eigenvalue weighted by molar-refractivity contribution is -0.438. The van der Waals surface area contributed by atoms with Crippen LogP contribution in [0.5, 0.6) is 5.75 Å². The molecule has 2 aliphatic heterocycles. The average Bonchev–Trinajstić information content (AvgIpc) is 3.53. The zero-order valence-electron chi connectivity index (χ0n) is 35.4. The molecule has 3 aromatic rings. The predicted octanol–water partition coefficient (Wildman–Crippen LogP) is 7.23. The van der Waals surface area contributed by atoms with Crippen molar-refractivity contribution in [3.05, 3.63) is 125 Å². The first-order valence-corrected chi connectivity index (χ1v) is 26.5. The molecule has 3 N–H and O–H groups in total. The number of hydrogen-bond donors (Lipinski definition) is 3. The van der Waals surface area contributed by atoms with Gasteiger partial charge in [0.15, 0.2) is 5.71 Å². The molecule has 340 valence electrons. The summed E-state index contributed by atoms with van der Waals surface area (Å²) in [6.45, 7) is 8.35. The van der Waals surface area contributed by atoms with Gasteiger partial charge in [0.05, 0.1) is 26.7 Å². The minimum atomic E-state index is -4.77. The Balaban J connectivity index is 1.45. The molecule has 0 bridgehead atoms. The molecule has 0 radical (unpaired) electrons. The molecule has 1 aliphatic carbocycles. The van der Waals surface area contributed by atoms with E-state index < -0.39 is 62.8 Å². The zero-order valence-corrected chi connectivity index (χ0v) is 38.7. The third kappa shape index (κ3) is 11.3. The van der Waals surface area contributed by atoms with E-state index in [-0.39, 0.29) is 22.6 Å². The van der Waals surface area contributed by atoms with Crippen molar-refractivity contribution in [2.45, 2.75) is 93.3 Å². The van der Waals surface area contributed by atoms with Crippen molar-refractivity contribution in [1.82, 2.24) is 0 Å². The van der Waals surface area contributed by atoms with E-state index in [0.29, 0.717) is 72.8 Å². The fraction of sp³-hybridized carbons (Fsp3) is 0.386. The molecule has 0 atom stereocenters. The lowest BCUT2D eigenvalue weighted by Gasteiger charge is -2.27. The summed E-state index contributed by atoms with van der Waals surface area (Å²) in [5, 5.41) is 0. The first-order valence-electron chi connectivity index (χ1n) is 20.4. The molecule has 0 saturated carbocycles. The van der Waals surface area contributed by atoms with Gasteiger partial charge in [-0.2, -0.15) is 29.8 Å². The van der Waals surface area contributed by atoms with Crippen LogP contribution in [-0.4, -0.2) is 86.8 Å². The summed E-state index contributed by atoms with van der Waals surface area (Å²) in [7, 11) is -17.7. The van der Waals surface area contributed by atoms with E-state index >= 15 is 0 Å². The van der Waals surface area contributed by atoms with Gasteiger partial charge in [-0.1, -0.05) is 38.1 Å². The van der Waals surface area contributed by atoms with Crippen LogP contribution >= 0.6 is 0 Å². The van der Waals surface area contributed by atoms with Gasteiger partial charge in [0.2, 0.25) is 5.69 Å². The second kappa shape index (κ2) is 18.2. The number of ether oxygens (including phenoxy) is 1. The van der Waals surface area contributed by atoms with Gasteiger partial charge < -0.3 is 14.2 Å². The highest BCUT2D eigenvalue weighted by molar-refractivity contribution is 7.86. The van der Waals surface area contributed by atoms with Crippen LogP contribution in [0.2, 0.25) is 0 Å². The summed E-state index contributed by atoms with van der Waals surface area (Å²) in [6, 6.07) is 17.8. The first-order chi connectivity index (χ1) is 29.3. The molecular weight excluding hydrogens is 893 g/mol. The number of fused-ring (bicyclic) bond motifs is 2. The lowest BCUT2D eigenvalue weighted by Crippen LogP contribution is -2.28. The fourth-order valence-electron chi connectivity index (χ4n) is 8.53. The van der Waals surface area contributed by atoms with Crippen molar-refractivity contribution in [2.24, 2.45) is 0 Å². The molecule has 0 fully saturated rings. The van der Waals surface area contributed by atoms with E-state index in [2.05, 4.69) is 0 Å². The maximum absolute atomic E-state index is 12.2. The van der Waals surface area contributed by atoms with Gasteiger partial charge in [0.25, 0.3) is 30.4 Å². The highest BCUT2D eigenvalue weighted by Crippen LogP contribution is 2.49. The maximum Gasteiger partial charge on any atom is 0.294 e. The number of allylic oxidation sites excluding steroid dienone is 7. The van der Waals surface area contributed by atoms with Crippen LogP contribution in [0, 0.1) is 0 Å². The van der Waals surface area contributed by atoms with Gasteiger partial charge in [0, 0.05) is 47.5 Å². The molecule has 15 nitrogen and oxygen atoms in total. The van der Waals surface area contributed by atoms with Gasteiger partial charge in [-0.05, 0) is 124 Å². The quantitative estimate of drug-likeness (QED) is 0.0688. The Morgan fingerprint density at radius 1 is 0.730 bits per heavy atom. The molecule has 0 spiro atoms. The van der Waals surface area contributed by atoms with E-state index in [0.717, 1.165) is 29.0 Å². The summed E-state index contributed by atoms with van der Waals surface area (Å²) < 4.78 is 144. The highest BCUT2D eigenvalue weighted by atomic mass is 32.2. The van der Waals surface area contributed by atoms with E-state index in [1.54, 1.807) is 12.1 Å². The highest BCUT2D eigenvalue weighted by Gasteiger charge is 2.45. The summed E-state index contributed by atoms with van der Waals surface area (Å²) in [6.07, 6.45) is 10.9. The largest absolute Gasteiger partial charge is 0.744 e. The number of unbranched alkanes of at least 4 members (excludes halogenated alkanes) is 2. The Morgan fingerprint density at radius 3 is 2.00 bits per heavy atom. The van der Waals surface area contributed by atoms with Crippen molar-refractivity contribution in [3.63, 3.8) is 0 Å². The molecule has 19 heteroatoms. The molecule has 3 aliphatic rings. The van der Waals surface area contributed by atoms with Crippen molar-refractivity contribution in [2.75, 3.05) is 29.5 Å². The Morgan fingerprint density at radius 2 is 1.37 bits per heavy atom. The molecular formula is C44H52N2O13S4. The molecule has 0 aromatic heterocycles. The van der Waals surface area contributed by atoms with Gasteiger partial charge in [-0.25, -0.2) is 8.42 Å². The van der Waals surface area contributed by atoms with E-state index in [1.807, 2.05) is 91.8 Å². The minimum Gasteiger partial charge on any atom is -0.744 e. The predicted molar refractivity (Wildman–Crippen MR) is 238 cm³/mol. The standard InChI is InChI=1S/C44H52N2O13S4/c1-43(2)36-29-34(62(53,54)55)19-21-38(36)45(25-8-10-27-60(47,48)49)40(43)23-17-31-13-12-14-32(42(31)59-33-15-6-5-7-16-33)18-24-41-44(3,4)37-30-35(63(56,57)58)20-22-39(37)46(41)26-9-11-28-61(50,51)52/h5-7,15-24,29-30H,8-14,25-28H2,1-4H3,(H3-,47,48,49,50,51,52,53,54,55,56,57,58). The number of benzene rings is 3. The van der Waals surface area contributed by atoms with Crippen LogP contribution in [0.4, 0.5) is 11.4 Å². The summed E-state index contributed by atoms with van der Waals surface area (Å²) in [5.41, 5.74) is 4.22. The summed E-state index contributed by atoms with van der Waals surface area (Å²) >= 11 is 0. The number of rotatable bonds is 17. The second-order valence-corrected chi connectivity index (χ2v) is 22.9. The van der Waals surface area contributed by atoms with Crippen LogP contribution in [0.15, 0.2) is 123 Å². The van der Waals surface area contributed by atoms with Gasteiger partial charge in [-0.3, -0.25) is 13.7 Å².